The largest absolute Gasteiger partial charge is 0.478 e. The van der Waals surface area contributed by atoms with Gasteiger partial charge in [-0.25, -0.2) is 27.7 Å². The average molecular weight is 766 g/mol. The number of anilines is 1. The first kappa shape index (κ1) is 39.3. The molecule has 0 saturated carbocycles. The lowest BCUT2D eigenvalue weighted by Gasteiger charge is -2.43. The highest BCUT2D eigenvalue weighted by Crippen LogP contribution is 2.46. The van der Waals surface area contributed by atoms with Gasteiger partial charge in [0, 0.05) is 54.1 Å². The molecule has 3 aromatic rings. The lowest BCUT2D eigenvalue weighted by molar-refractivity contribution is -0.140. The Morgan fingerprint density at radius 3 is 2.55 bits per heavy atom. The minimum atomic E-state index is -1.34. The first-order chi connectivity index (χ1) is 26.1. The molecule has 3 aliphatic rings. The van der Waals surface area contributed by atoms with Crippen molar-refractivity contribution >= 4 is 35.8 Å². The smallest absolute Gasteiger partial charge is 0.408 e. The zero-order valence-corrected chi connectivity index (χ0v) is 30.8. The van der Waals surface area contributed by atoms with Gasteiger partial charge in [-0.15, -0.1) is 0 Å². The number of hydrogen-bond acceptors (Lipinski definition) is 9. The Kier molecular flexibility index (Phi) is 11.3. The van der Waals surface area contributed by atoms with Gasteiger partial charge in [0.25, 0.3) is 0 Å². The van der Waals surface area contributed by atoms with Gasteiger partial charge in [0.2, 0.25) is 11.8 Å². The lowest BCUT2D eigenvalue weighted by Crippen LogP contribution is -2.59. The normalized spacial score (nSPS) is 21.9. The predicted octanol–water partition coefficient (Wildman–Crippen LogP) is 4.93. The molecule has 3 amide bonds. The fourth-order valence-electron chi connectivity index (χ4n) is 7.39. The van der Waals surface area contributed by atoms with E-state index in [1.165, 1.54) is 11.1 Å². The Labute approximate surface area is 315 Å². The van der Waals surface area contributed by atoms with Gasteiger partial charge < -0.3 is 34.9 Å². The molecule has 1 aliphatic carbocycles. The van der Waals surface area contributed by atoms with Crippen molar-refractivity contribution in [2.24, 2.45) is 0 Å². The van der Waals surface area contributed by atoms with Gasteiger partial charge in [-0.1, -0.05) is 12.2 Å². The number of aromatic carboxylic acids is 1. The third kappa shape index (κ3) is 8.34. The summed E-state index contributed by atoms with van der Waals surface area (Å²) in [5, 5.41) is 14.7. The third-order valence-corrected chi connectivity index (χ3v) is 10.0. The standard InChI is InChI=1S/C39H42F3N5O8/c1-21-25(31-27(40)7-8-28(41)32(31)42)16-29(45-37(52)55-38(2,3)4)34(48)47(21)9-11-54-13-12-53-10-5-6-22-14-26-33(44-19-22)46-36(51)39(26)17-23-15-24(35(49)50)20-43-30(23)18-39/h5-8,14-15,19-21,25,29H,9-13,16-18H2,1-4H3,(H,45,52)(H,49,50)(H,44,46,51)/b6-5+/t21?,25?,29?,39-/m0/s1. The molecule has 55 heavy (non-hydrogen) atoms. The number of piperidine rings is 1. The van der Waals surface area contributed by atoms with E-state index in [0.717, 1.165) is 22.8 Å². The van der Waals surface area contributed by atoms with Crippen LogP contribution in [0, 0.1) is 17.5 Å². The van der Waals surface area contributed by atoms with Crippen LogP contribution in [0.25, 0.3) is 6.08 Å². The third-order valence-electron chi connectivity index (χ3n) is 10.0. The van der Waals surface area contributed by atoms with Crippen LogP contribution < -0.4 is 10.6 Å². The first-order valence-corrected chi connectivity index (χ1v) is 17.9. The molecule has 292 valence electrons. The van der Waals surface area contributed by atoms with Gasteiger partial charge in [-0.2, -0.15) is 0 Å². The summed E-state index contributed by atoms with van der Waals surface area (Å²) in [6, 6.07) is 3.02. The van der Waals surface area contributed by atoms with E-state index in [1.807, 2.05) is 6.07 Å². The molecule has 1 spiro atoms. The number of carboxylic acids is 1. The molecule has 13 nitrogen and oxygen atoms in total. The van der Waals surface area contributed by atoms with Crippen molar-refractivity contribution < 1.29 is 51.7 Å². The van der Waals surface area contributed by atoms with E-state index in [9.17, 15) is 37.5 Å². The summed E-state index contributed by atoms with van der Waals surface area (Å²) >= 11 is 0. The van der Waals surface area contributed by atoms with Gasteiger partial charge in [-0.05, 0) is 75.9 Å². The summed E-state index contributed by atoms with van der Waals surface area (Å²) in [7, 11) is 0. The molecule has 16 heteroatoms. The van der Waals surface area contributed by atoms with Gasteiger partial charge in [0.15, 0.2) is 11.6 Å². The van der Waals surface area contributed by atoms with E-state index in [0.29, 0.717) is 30.4 Å². The number of amides is 3. The Morgan fingerprint density at radius 2 is 1.80 bits per heavy atom. The highest BCUT2D eigenvalue weighted by atomic mass is 19.2. The van der Waals surface area contributed by atoms with Crippen LogP contribution in [0.4, 0.5) is 23.8 Å². The SMILES string of the molecule is CC1C(c2c(F)ccc(F)c2F)CC(NC(=O)OC(C)(C)C)C(=O)N1CCOCCOC/C=C/c1cnc2c(c1)[C@@]1(Cc3cc(C(=O)O)cnc3C1)C(=O)N2. The Bertz CT molecular complexity index is 2040. The number of nitrogens with one attached hydrogen (secondary N) is 2. The maximum atomic E-state index is 14.9. The number of ether oxygens (including phenoxy) is 3. The van der Waals surface area contributed by atoms with Crippen molar-refractivity contribution in [3.63, 3.8) is 0 Å². The summed E-state index contributed by atoms with van der Waals surface area (Å²) in [6.07, 6.45) is 6.10. The van der Waals surface area contributed by atoms with E-state index < -0.39 is 70.0 Å². The zero-order valence-electron chi connectivity index (χ0n) is 30.8. The van der Waals surface area contributed by atoms with Crippen molar-refractivity contribution in [3.8, 4) is 0 Å². The number of halogens is 3. The number of fused-ring (bicyclic) bond motifs is 3. The Hall–Kier alpha value is -5.35. The summed E-state index contributed by atoms with van der Waals surface area (Å²) < 4.78 is 60.7. The van der Waals surface area contributed by atoms with E-state index >= 15 is 0 Å². The quantitative estimate of drug-likeness (QED) is 0.170. The van der Waals surface area contributed by atoms with Crippen molar-refractivity contribution in [2.45, 2.75) is 76.0 Å². The number of carbonyl (C=O) groups is 4. The molecule has 4 atom stereocenters. The summed E-state index contributed by atoms with van der Waals surface area (Å²) in [5.41, 5.74) is 0.633. The minimum absolute atomic E-state index is 0.0213. The van der Waals surface area contributed by atoms with Crippen LogP contribution >= 0.6 is 0 Å². The molecule has 6 rings (SSSR count). The van der Waals surface area contributed by atoms with Crippen molar-refractivity contribution in [1.29, 1.82) is 0 Å². The van der Waals surface area contributed by atoms with Crippen molar-refractivity contribution in [2.75, 3.05) is 38.3 Å². The Morgan fingerprint density at radius 1 is 1.05 bits per heavy atom. The fraction of sp³-hybridized carbons (Fsp3) is 0.436. The minimum Gasteiger partial charge on any atom is -0.478 e. The average Bonchev–Trinajstić information content (AvgIpc) is 3.64. The highest BCUT2D eigenvalue weighted by molar-refractivity contribution is 6.06. The van der Waals surface area contributed by atoms with Crippen LogP contribution in [0.1, 0.15) is 78.3 Å². The number of likely N-dealkylation sites (tertiary alicyclic amines) is 1. The van der Waals surface area contributed by atoms with Crippen LogP contribution in [0.2, 0.25) is 0 Å². The number of carboxylic acid groups (broad SMARTS) is 1. The summed E-state index contributed by atoms with van der Waals surface area (Å²) in [5.74, 6) is -5.83. The number of benzene rings is 1. The molecule has 4 heterocycles. The predicted molar refractivity (Wildman–Crippen MR) is 192 cm³/mol. The second kappa shape index (κ2) is 15.8. The number of nitrogens with zero attached hydrogens (tertiary/aromatic N) is 3. The molecule has 0 bridgehead atoms. The highest BCUT2D eigenvalue weighted by Gasteiger charge is 2.52. The molecule has 3 N–H and O–H groups in total. The molecular formula is C39H42F3N5O8. The second-order valence-corrected chi connectivity index (χ2v) is 14.8. The van der Waals surface area contributed by atoms with Crippen LogP contribution in [-0.2, 0) is 42.1 Å². The van der Waals surface area contributed by atoms with E-state index in [1.54, 1.807) is 52.1 Å². The number of alkyl carbamates (subject to hydrolysis) is 1. The first-order valence-electron chi connectivity index (χ1n) is 17.9. The van der Waals surface area contributed by atoms with Crippen LogP contribution in [0.15, 0.2) is 42.7 Å². The lowest BCUT2D eigenvalue weighted by atomic mass is 9.79. The topological polar surface area (TPSA) is 169 Å². The monoisotopic (exact) mass is 765 g/mol. The zero-order chi connectivity index (χ0) is 39.7. The Balaban J connectivity index is 1.01. The van der Waals surface area contributed by atoms with E-state index in [-0.39, 0.29) is 50.9 Å². The molecule has 1 saturated heterocycles. The molecule has 2 aromatic heterocycles. The summed E-state index contributed by atoms with van der Waals surface area (Å²) in [4.78, 5) is 60.8. The number of carbonyl (C=O) groups excluding carboxylic acids is 3. The second-order valence-electron chi connectivity index (χ2n) is 14.8. The number of hydrogen-bond donors (Lipinski definition) is 3. The maximum Gasteiger partial charge on any atom is 0.408 e. The number of pyridine rings is 2. The molecule has 0 radical (unpaired) electrons. The van der Waals surface area contributed by atoms with Gasteiger partial charge in [0.1, 0.15) is 23.3 Å². The molecular weight excluding hydrogens is 723 g/mol. The summed E-state index contributed by atoms with van der Waals surface area (Å²) in [6.45, 7) is 7.22. The van der Waals surface area contributed by atoms with E-state index in [2.05, 4.69) is 20.6 Å². The van der Waals surface area contributed by atoms with Crippen LogP contribution in [0.3, 0.4) is 0 Å². The van der Waals surface area contributed by atoms with Crippen LogP contribution in [-0.4, -0.2) is 94.5 Å². The molecule has 1 fully saturated rings. The van der Waals surface area contributed by atoms with Crippen molar-refractivity contribution in [3.05, 3.63) is 93.7 Å². The molecule has 1 aromatic carbocycles. The van der Waals surface area contributed by atoms with Crippen LogP contribution in [0.5, 0.6) is 0 Å². The van der Waals surface area contributed by atoms with Crippen molar-refractivity contribution in [1.82, 2.24) is 20.2 Å². The number of rotatable bonds is 12. The van der Waals surface area contributed by atoms with E-state index in [4.69, 9.17) is 14.2 Å². The van der Waals surface area contributed by atoms with Gasteiger partial charge >= 0.3 is 12.1 Å². The fourth-order valence-corrected chi connectivity index (χ4v) is 7.39. The van der Waals surface area contributed by atoms with Gasteiger partial charge in [0.05, 0.1) is 37.4 Å². The molecule has 3 unspecified atom stereocenters. The molecule has 2 aliphatic heterocycles. The van der Waals surface area contributed by atoms with Gasteiger partial charge in [-0.3, -0.25) is 14.6 Å². The maximum absolute atomic E-state index is 14.9. The number of aromatic nitrogens is 2.